The van der Waals surface area contributed by atoms with Gasteiger partial charge in [0.15, 0.2) is 11.6 Å². The molecule has 1 N–H and O–H groups in total. The highest BCUT2D eigenvalue weighted by molar-refractivity contribution is 5.37. The molecule has 2 aromatic carbocycles. The second-order valence-corrected chi connectivity index (χ2v) is 5.21. The first-order valence-corrected chi connectivity index (χ1v) is 7.49. The largest absolute Gasteiger partial charge is 0.459 e. The average molecular weight is 345 g/mol. The van der Waals surface area contributed by atoms with Crippen LogP contribution in [0.2, 0.25) is 0 Å². The molecule has 0 amide bonds. The van der Waals surface area contributed by atoms with Gasteiger partial charge in [-0.3, -0.25) is 0 Å². The summed E-state index contributed by atoms with van der Waals surface area (Å²) in [6, 6.07) is 11.9. The third-order valence-corrected chi connectivity index (χ3v) is 3.41. The van der Waals surface area contributed by atoms with E-state index >= 15 is 0 Å². The fourth-order valence-corrected chi connectivity index (χ4v) is 2.09. The van der Waals surface area contributed by atoms with Gasteiger partial charge in [-0.15, -0.1) is 0 Å². The Morgan fingerprint density at radius 1 is 0.920 bits per heavy atom. The highest BCUT2D eigenvalue weighted by Gasteiger charge is 2.09. The quantitative estimate of drug-likeness (QED) is 0.731. The molecule has 0 radical (unpaired) electrons. The lowest BCUT2D eigenvalue weighted by Crippen LogP contribution is -2.08. The molecule has 1 aromatic heterocycles. The van der Waals surface area contributed by atoms with E-state index in [1.807, 2.05) is 0 Å². The van der Waals surface area contributed by atoms with Gasteiger partial charge < -0.3 is 10.1 Å². The van der Waals surface area contributed by atoms with Crippen molar-refractivity contribution < 1.29 is 17.9 Å². The van der Waals surface area contributed by atoms with E-state index in [9.17, 15) is 13.2 Å². The first-order valence-electron chi connectivity index (χ1n) is 7.49. The zero-order chi connectivity index (χ0) is 17.6. The molecule has 0 fully saturated rings. The Bertz CT molecular complexity index is 856. The highest BCUT2D eigenvalue weighted by atomic mass is 19.1. The van der Waals surface area contributed by atoms with Crippen LogP contribution in [0.3, 0.4) is 0 Å². The van der Waals surface area contributed by atoms with Gasteiger partial charge in [0.25, 0.3) is 0 Å². The van der Waals surface area contributed by atoms with Crippen LogP contribution >= 0.6 is 0 Å². The third kappa shape index (κ3) is 4.47. The van der Waals surface area contributed by atoms with Crippen LogP contribution < -0.4 is 10.1 Å². The Morgan fingerprint density at radius 2 is 1.68 bits per heavy atom. The molecule has 3 aromatic rings. The summed E-state index contributed by atoms with van der Waals surface area (Å²) in [4.78, 5) is 7.68. The maximum absolute atomic E-state index is 13.8. The summed E-state index contributed by atoms with van der Waals surface area (Å²) >= 11 is 0. The molecular weight excluding hydrogens is 331 g/mol. The molecular formula is C18H14F3N3O. The highest BCUT2D eigenvalue weighted by Crippen LogP contribution is 2.16. The SMILES string of the molecule is Fc1ccc(COc2ncc(F)c(NCc3ccccc3F)n2)cc1. The Hall–Kier alpha value is -3.09. The molecule has 25 heavy (non-hydrogen) atoms. The van der Waals surface area contributed by atoms with Crippen molar-refractivity contribution >= 4 is 5.82 Å². The van der Waals surface area contributed by atoms with Crippen molar-refractivity contribution in [2.24, 2.45) is 0 Å². The Balaban J connectivity index is 1.65. The van der Waals surface area contributed by atoms with Crippen molar-refractivity contribution in [1.82, 2.24) is 9.97 Å². The number of anilines is 1. The number of aromatic nitrogens is 2. The molecule has 0 spiro atoms. The van der Waals surface area contributed by atoms with Gasteiger partial charge in [0.2, 0.25) is 0 Å². The minimum absolute atomic E-state index is 0.0400. The van der Waals surface area contributed by atoms with Crippen molar-refractivity contribution in [3.63, 3.8) is 0 Å². The van der Waals surface area contributed by atoms with Gasteiger partial charge in [0, 0.05) is 12.1 Å². The third-order valence-electron chi connectivity index (χ3n) is 3.41. The van der Waals surface area contributed by atoms with Crippen LogP contribution in [-0.4, -0.2) is 9.97 Å². The lowest BCUT2D eigenvalue weighted by atomic mass is 10.2. The first kappa shape index (κ1) is 16.8. The Kier molecular flexibility index (Phi) is 5.13. The Morgan fingerprint density at radius 3 is 2.44 bits per heavy atom. The van der Waals surface area contributed by atoms with E-state index in [1.54, 1.807) is 30.3 Å². The van der Waals surface area contributed by atoms with Gasteiger partial charge in [-0.2, -0.15) is 4.98 Å². The van der Waals surface area contributed by atoms with Gasteiger partial charge in [-0.25, -0.2) is 18.2 Å². The topological polar surface area (TPSA) is 47.0 Å². The van der Waals surface area contributed by atoms with Crippen molar-refractivity contribution in [3.05, 3.63) is 83.3 Å². The number of ether oxygens (including phenoxy) is 1. The summed E-state index contributed by atoms with van der Waals surface area (Å²) in [5.41, 5.74) is 1.10. The number of rotatable bonds is 6. The monoisotopic (exact) mass is 345 g/mol. The minimum Gasteiger partial charge on any atom is -0.459 e. The van der Waals surface area contributed by atoms with Gasteiger partial charge in [-0.05, 0) is 23.8 Å². The number of nitrogens with zero attached hydrogens (tertiary/aromatic N) is 2. The van der Waals surface area contributed by atoms with Crippen LogP contribution in [0.4, 0.5) is 19.0 Å². The average Bonchev–Trinajstić information content (AvgIpc) is 2.62. The van der Waals surface area contributed by atoms with Crippen LogP contribution in [0.25, 0.3) is 0 Å². The lowest BCUT2D eigenvalue weighted by Gasteiger charge is -2.09. The standard InChI is InChI=1S/C18H14F3N3O/c19-14-7-5-12(6-8-14)11-25-18-23-10-16(21)17(24-18)22-9-13-3-1-2-4-15(13)20/h1-8,10H,9,11H2,(H,22,23,24). The zero-order valence-corrected chi connectivity index (χ0v) is 13.0. The number of halogens is 3. The summed E-state index contributed by atoms with van der Waals surface area (Å²) in [6.45, 7) is 0.177. The van der Waals surface area contributed by atoms with E-state index in [-0.39, 0.29) is 30.8 Å². The normalized spacial score (nSPS) is 10.5. The maximum Gasteiger partial charge on any atom is 0.318 e. The number of hydrogen-bond donors (Lipinski definition) is 1. The molecule has 0 aliphatic carbocycles. The molecule has 0 bridgehead atoms. The van der Waals surface area contributed by atoms with Crippen molar-refractivity contribution in [2.45, 2.75) is 13.2 Å². The van der Waals surface area contributed by atoms with Crippen LogP contribution in [0.15, 0.2) is 54.7 Å². The number of benzene rings is 2. The van der Waals surface area contributed by atoms with Gasteiger partial charge in [-0.1, -0.05) is 30.3 Å². The molecule has 128 valence electrons. The molecule has 3 rings (SSSR count). The van der Waals surface area contributed by atoms with E-state index in [0.29, 0.717) is 5.56 Å². The molecule has 4 nitrogen and oxygen atoms in total. The minimum atomic E-state index is -0.675. The molecule has 0 aliphatic heterocycles. The van der Waals surface area contributed by atoms with E-state index in [2.05, 4.69) is 15.3 Å². The lowest BCUT2D eigenvalue weighted by molar-refractivity contribution is 0.279. The van der Waals surface area contributed by atoms with Crippen molar-refractivity contribution in [3.8, 4) is 6.01 Å². The van der Waals surface area contributed by atoms with Gasteiger partial charge in [0.1, 0.15) is 18.2 Å². The zero-order valence-electron chi connectivity index (χ0n) is 13.0. The predicted octanol–water partition coefficient (Wildman–Crippen LogP) is 4.09. The first-order chi connectivity index (χ1) is 12.1. The maximum atomic E-state index is 13.8. The second-order valence-electron chi connectivity index (χ2n) is 5.21. The van der Waals surface area contributed by atoms with Crippen LogP contribution in [-0.2, 0) is 13.2 Å². The van der Waals surface area contributed by atoms with Crippen LogP contribution in [0.1, 0.15) is 11.1 Å². The fourth-order valence-electron chi connectivity index (χ4n) is 2.09. The van der Waals surface area contributed by atoms with Crippen LogP contribution in [0.5, 0.6) is 6.01 Å². The summed E-state index contributed by atoms with van der Waals surface area (Å²) < 4.78 is 45.6. The summed E-state index contributed by atoms with van der Waals surface area (Å²) in [6.07, 6.45) is 0.969. The molecule has 0 aliphatic rings. The van der Waals surface area contributed by atoms with E-state index in [1.165, 1.54) is 18.2 Å². The van der Waals surface area contributed by atoms with Crippen molar-refractivity contribution in [1.29, 1.82) is 0 Å². The second kappa shape index (κ2) is 7.65. The predicted molar refractivity (Wildman–Crippen MR) is 86.4 cm³/mol. The molecule has 0 atom stereocenters. The molecule has 0 saturated heterocycles. The van der Waals surface area contributed by atoms with Gasteiger partial charge >= 0.3 is 6.01 Å². The number of nitrogens with one attached hydrogen (secondary N) is 1. The summed E-state index contributed by atoms with van der Waals surface area (Å²) in [7, 11) is 0. The fraction of sp³-hybridized carbons (Fsp3) is 0.111. The Labute approximate surface area is 142 Å². The van der Waals surface area contributed by atoms with E-state index in [4.69, 9.17) is 4.74 Å². The molecule has 0 saturated carbocycles. The number of hydrogen-bond acceptors (Lipinski definition) is 4. The molecule has 1 heterocycles. The van der Waals surface area contributed by atoms with Crippen molar-refractivity contribution in [2.75, 3.05) is 5.32 Å². The van der Waals surface area contributed by atoms with E-state index in [0.717, 1.165) is 11.8 Å². The van der Waals surface area contributed by atoms with Gasteiger partial charge in [0.05, 0.1) is 6.20 Å². The smallest absolute Gasteiger partial charge is 0.318 e. The molecule has 7 heteroatoms. The van der Waals surface area contributed by atoms with E-state index < -0.39 is 11.6 Å². The summed E-state index contributed by atoms with van der Waals surface area (Å²) in [5, 5.41) is 2.72. The molecule has 0 unspecified atom stereocenters. The summed E-state index contributed by atoms with van der Waals surface area (Å²) in [5.74, 6) is -1.50. The van der Waals surface area contributed by atoms with Crippen LogP contribution in [0, 0.1) is 17.5 Å².